The number of benzene rings is 2. The lowest BCUT2D eigenvalue weighted by atomic mass is 9.98. The van der Waals surface area contributed by atoms with Crippen molar-refractivity contribution < 1.29 is 14.2 Å². The van der Waals surface area contributed by atoms with E-state index in [9.17, 15) is 0 Å². The molecule has 1 heterocycles. The first kappa shape index (κ1) is 15.8. The molecule has 0 amide bonds. The van der Waals surface area contributed by atoms with Crippen LogP contribution in [0.3, 0.4) is 0 Å². The number of hydrogen-bond acceptors (Lipinski definition) is 3. The lowest BCUT2D eigenvalue weighted by molar-refractivity contribution is -0.272. The van der Waals surface area contributed by atoms with Gasteiger partial charge in [-0.2, -0.15) is 0 Å². The molecular weight excluding hydrogens is 288 g/mol. The van der Waals surface area contributed by atoms with Gasteiger partial charge in [0.05, 0.1) is 0 Å². The largest absolute Gasteiger partial charge is 0.434 e. The second-order valence-electron chi connectivity index (χ2n) is 5.59. The van der Waals surface area contributed by atoms with Gasteiger partial charge in [0.1, 0.15) is 11.3 Å². The molecule has 1 aliphatic rings. The van der Waals surface area contributed by atoms with E-state index >= 15 is 0 Å². The maximum absolute atomic E-state index is 6.01. The van der Waals surface area contributed by atoms with Crippen LogP contribution < -0.4 is 4.74 Å². The molecule has 0 bridgehead atoms. The normalized spacial score (nSPS) is 15.2. The van der Waals surface area contributed by atoms with E-state index in [4.69, 9.17) is 14.2 Å². The number of hydrogen-bond donors (Lipinski definition) is 0. The molecule has 0 aliphatic carbocycles. The van der Waals surface area contributed by atoms with Crippen LogP contribution in [0.5, 0.6) is 5.75 Å². The quantitative estimate of drug-likeness (QED) is 0.446. The molecule has 3 nitrogen and oxygen atoms in total. The van der Waals surface area contributed by atoms with E-state index in [0.29, 0.717) is 0 Å². The first-order valence-corrected chi connectivity index (χ1v) is 8.03. The van der Waals surface area contributed by atoms with Crippen LogP contribution in [-0.4, -0.2) is 20.2 Å². The topological polar surface area (TPSA) is 27.7 Å². The molecule has 0 unspecified atom stereocenters. The van der Waals surface area contributed by atoms with Crippen LogP contribution in [0.15, 0.2) is 48.2 Å². The van der Waals surface area contributed by atoms with Crippen LogP contribution in [0, 0.1) is 0 Å². The molecule has 0 fully saturated rings. The molecule has 2 aromatic carbocycles. The van der Waals surface area contributed by atoms with Gasteiger partial charge in [-0.25, -0.2) is 0 Å². The Labute approximate surface area is 137 Å². The summed E-state index contributed by atoms with van der Waals surface area (Å²) < 4.78 is 17.2. The summed E-state index contributed by atoms with van der Waals surface area (Å²) in [4.78, 5) is 0. The summed E-state index contributed by atoms with van der Waals surface area (Å²) in [6.07, 6.45) is 5.31. The molecule has 0 saturated carbocycles. The zero-order valence-corrected chi connectivity index (χ0v) is 13.9. The van der Waals surface area contributed by atoms with Crippen molar-refractivity contribution in [2.24, 2.45) is 0 Å². The van der Waals surface area contributed by atoms with Crippen LogP contribution in [0.25, 0.3) is 16.3 Å². The fourth-order valence-corrected chi connectivity index (χ4v) is 2.96. The third-order valence-corrected chi connectivity index (χ3v) is 4.18. The summed E-state index contributed by atoms with van der Waals surface area (Å²) in [5.74, 6) is -0.464. The first-order valence-electron chi connectivity index (χ1n) is 8.03. The Kier molecular flexibility index (Phi) is 4.53. The minimum Gasteiger partial charge on any atom is -0.434 e. The highest BCUT2D eigenvalue weighted by Gasteiger charge is 2.46. The maximum Gasteiger partial charge on any atom is 0.364 e. The van der Waals surface area contributed by atoms with E-state index in [0.717, 1.165) is 46.9 Å². The molecule has 23 heavy (non-hydrogen) atoms. The van der Waals surface area contributed by atoms with Gasteiger partial charge in [0.25, 0.3) is 0 Å². The Morgan fingerprint density at radius 2 is 1.91 bits per heavy atom. The molecule has 0 aromatic heterocycles. The highest BCUT2D eigenvalue weighted by molar-refractivity contribution is 5.99. The zero-order valence-electron chi connectivity index (χ0n) is 13.9. The molecular formula is C20H22O3. The summed E-state index contributed by atoms with van der Waals surface area (Å²) >= 11 is 0. The monoisotopic (exact) mass is 310 g/mol. The number of ether oxygens (including phenoxy) is 3. The lowest BCUT2D eigenvalue weighted by Gasteiger charge is -2.24. The highest BCUT2D eigenvalue weighted by atomic mass is 16.9. The SMILES string of the molecule is CCCCC=C=C1c2c(ccc3ccccc23)OC1(OC)OC. The van der Waals surface area contributed by atoms with Crippen molar-refractivity contribution in [2.45, 2.75) is 32.2 Å². The van der Waals surface area contributed by atoms with Gasteiger partial charge in [0.2, 0.25) is 0 Å². The van der Waals surface area contributed by atoms with Crippen molar-refractivity contribution in [3.8, 4) is 5.75 Å². The zero-order chi connectivity index (χ0) is 16.3. The molecule has 0 atom stereocenters. The summed E-state index contributed by atoms with van der Waals surface area (Å²) in [6.45, 7) is 2.18. The number of rotatable bonds is 5. The van der Waals surface area contributed by atoms with Crippen LogP contribution in [0.4, 0.5) is 0 Å². The van der Waals surface area contributed by atoms with Crippen LogP contribution in [0.2, 0.25) is 0 Å². The summed E-state index contributed by atoms with van der Waals surface area (Å²) in [7, 11) is 3.18. The number of unbranched alkanes of at least 4 members (excludes halogenated alkanes) is 2. The van der Waals surface area contributed by atoms with E-state index in [1.165, 1.54) is 0 Å². The van der Waals surface area contributed by atoms with Gasteiger partial charge >= 0.3 is 5.97 Å². The Hall–Kier alpha value is -2.06. The molecule has 0 radical (unpaired) electrons. The third kappa shape index (κ3) is 2.68. The number of methoxy groups -OCH3 is 2. The average molecular weight is 310 g/mol. The van der Waals surface area contributed by atoms with E-state index < -0.39 is 5.97 Å². The van der Waals surface area contributed by atoms with Gasteiger partial charge in [-0.3, -0.25) is 0 Å². The average Bonchev–Trinajstić information content (AvgIpc) is 2.93. The summed E-state index contributed by atoms with van der Waals surface area (Å²) in [5.41, 5.74) is 5.17. The lowest BCUT2D eigenvalue weighted by Crippen LogP contribution is -2.37. The summed E-state index contributed by atoms with van der Waals surface area (Å²) in [5, 5.41) is 2.28. The third-order valence-electron chi connectivity index (χ3n) is 4.18. The van der Waals surface area contributed by atoms with Crippen molar-refractivity contribution in [1.82, 2.24) is 0 Å². The van der Waals surface area contributed by atoms with E-state index in [2.05, 4.69) is 24.8 Å². The molecule has 3 heteroatoms. The maximum atomic E-state index is 6.01. The molecule has 0 saturated heterocycles. The van der Waals surface area contributed by atoms with Crippen molar-refractivity contribution in [3.05, 3.63) is 53.8 Å². The fraction of sp³-hybridized carbons (Fsp3) is 0.350. The van der Waals surface area contributed by atoms with Gasteiger partial charge in [0.15, 0.2) is 0 Å². The second kappa shape index (κ2) is 6.59. The molecule has 1 aliphatic heterocycles. The van der Waals surface area contributed by atoms with Crippen molar-refractivity contribution in [3.63, 3.8) is 0 Å². The van der Waals surface area contributed by atoms with Gasteiger partial charge in [-0.1, -0.05) is 43.7 Å². The van der Waals surface area contributed by atoms with Crippen molar-refractivity contribution >= 4 is 16.3 Å². The molecule has 2 aromatic rings. The van der Waals surface area contributed by atoms with Gasteiger partial charge in [0, 0.05) is 19.8 Å². The minimum absolute atomic E-state index is 0.763. The Morgan fingerprint density at radius 1 is 1.13 bits per heavy atom. The predicted molar refractivity (Wildman–Crippen MR) is 92.3 cm³/mol. The van der Waals surface area contributed by atoms with Gasteiger partial charge in [-0.05, 0) is 35.8 Å². The Balaban J connectivity index is 2.21. The summed E-state index contributed by atoms with van der Waals surface area (Å²) in [6, 6.07) is 12.3. The van der Waals surface area contributed by atoms with E-state index in [1.807, 2.05) is 30.3 Å². The van der Waals surface area contributed by atoms with Crippen LogP contribution in [0.1, 0.15) is 31.7 Å². The van der Waals surface area contributed by atoms with Crippen LogP contribution in [-0.2, 0) is 9.47 Å². The Morgan fingerprint density at radius 3 is 2.65 bits per heavy atom. The smallest absolute Gasteiger partial charge is 0.364 e. The van der Waals surface area contributed by atoms with Crippen molar-refractivity contribution in [2.75, 3.05) is 14.2 Å². The molecule has 0 spiro atoms. The first-order chi connectivity index (χ1) is 11.3. The fourth-order valence-electron chi connectivity index (χ4n) is 2.96. The standard InChI is InChI=1S/C20H22O3/c1-4-5-6-7-12-17-19-16-11-9-8-10-15(16)13-14-18(19)23-20(17,21-2)22-3/h7-11,13-14H,4-6H2,1-3H3. The molecule has 3 rings (SSSR count). The van der Waals surface area contributed by atoms with Gasteiger partial charge < -0.3 is 14.2 Å². The predicted octanol–water partition coefficient (Wildman–Crippen LogP) is 4.91. The van der Waals surface area contributed by atoms with E-state index in [-0.39, 0.29) is 0 Å². The minimum atomic E-state index is -1.23. The van der Waals surface area contributed by atoms with Crippen molar-refractivity contribution in [1.29, 1.82) is 0 Å². The van der Waals surface area contributed by atoms with E-state index in [1.54, 1.807) is 14.2 Å². The molecule has 0 N–H and O–H groups in total. The second-order valence-corrected chi connectivity index (χ2v) is 5.59. The van der Waals surface area contributed by atoms with Gasteiger partial charge in [-0.15, -0.1) is 5.73 Å². The Bertz CT molecular complexity index is 766. The van der Waals surface area contributed by atoms with Crippen LogP contribution >= 0.6 is 0 Å². The highest BCUT2D eigenvalue weighted by Crippen LogP contribution is 2.47. The molecule has 120 valence electrons. The number of fused-ring (bicyclic) bond motifs is 3.